The van der Waals surface area contributed by atoms with Gasteiger partial charge in [-0.25, -0.2) is 23.5 Å². The van der Waals surface area contributed by atoms with E-state index in [9.17, 15) is 24.3 Å². The first-order chi connectivity index (χ1) is 15.6. The molecule has 1 fully saturated rings. The van der Waals surface area contributed by atoms with Gasteiger partial charge in [0, 0.05) is 24.4 Å². The molecule has 1 N–H and O–H groups in total. The number of methoxy groups -OCH3 is 1. The maximum Gasteiger partial charge on any atom is 0.347 e. The number of carbonyl (C=O) groups excluding carboxylic acids is 2. The quantitative estimate of drug-likeness (QED) is 0.692. The molecule has 5 rings (SSSR count). The van der Waals surface area contributed by atoms with E-state index < -0.39 is 34.7 Å². The van der Waals surface area contributed by atoms with E-state index in [-0.39, 0.29) is 36.0 Å². The van der Waals surface area contributed by atoms with Gasteiger partial charge in [-0.05, 0) is 36.6 Å². The lowest BCUT2D eigenvalue weighted by Crippen LogP contribution is -2.54. The van der Waals surface area contributed by atoms with Crippen LogP contribution in [0.1, 0.15) is 37.8 Å². The van der Waals surface area contributed by atoms with Crippen molar-refractivity contribution in [2.24, 2.45) is 18.4 Å². The van der Waals surface area contributed by atoms with Gasteiger partial charge < -0.3 is 9.84 Å². The van der Waals surface area contributed by atoms with Crippen LogP contribution in [0.25, 0.3) is 0 Å². The zero-order chi connectivity index (χ0) is 23.8. The van der Waals surface area contributed by atoms with Crippen LogP contribution in [0.3, 0.4) is 0 Å². The third-order valence-corrected chi connectivity index (χ3v) is 7.66. The molecule has 0 amide bonds. The zero-order valence-corrected chi connectivity index (χ0v) is 18.9. The molecule has 4 atom stereocenters. The summed E-state index contributed by atoms with van der Waals surface area (Å²) in [5.74, 6) is -1.62. The van der Waals surface area contributed by atoms with Gasteiger partial charge in [0.1, 0.15) is 0 Å². The molecule has 3 aliphatic rings. The Hall–Kier alpha value is -3.62. The number of hydrogen-bond donors (Lipinski definition) is 1. The third-order valence-electron chi connectivity index (χ3n) is 7.66. The number of Topliss-reactive ketones (excluding diaryl/α,β-unsaturated/α-hetero) is 1. The Bertz CT molecular complexity index is 1400. The molecule has 1 aromatic heterocycles. The average Bonchev–Trinajstić information content (AvgIpc) is 3.01. The predicted molar refractivity (Wildman–Crippen MR) is 118 cm³/mol. The number of para-hydroxylation sites is 1. The van der Waals surface area contributed by atoms with Gasteiger partial charge in [0.05, 0.1) is 25.1 Å². The van der Waals surface area contributed by atoms with Crippen LogP contribution in [0.5, 0.6) is 11.5 Å². The molecule has 9 nitrogen and oxygen atoms in total. The fraction of sp³-hybridized carbons (Fsp3) is 0.417. The van der Waals surface area contributed by atoms with Crippen LogP contribution < -0.4 is 16.1 Å². The molecule has 0 bridgehead atoms. The van der Waals surface area contributed by atoms with E-state index in [0.29, 0.717) is 11.1 Å². The minimum atomic E-state index is -1.16. The van der Waals surface area contributed by atoms with Crippen molar-refractivity contribution in [2.45, 2.75) is 38.8 Å². The van der Waals surface area contributed by atoms with Gasteiger partial charge in [0.25, 0.3) is 0 Å². The van der Waals surface area contributed by atoms with Crippen molar-refractivity contribution in [2.75, 3.05) is 7.11 Å². The molecule has 2 aromatic rings. The maximum atomic E-state index is 13.6. The van der Waals surface area contributed by atoms with Gasteiger partial charge in [-0.2, -0.15) is 0 Å². The van der Waals surface area contributed by atoms with Crippen LogP contribution in [-0.2, 0) is 23.2 Å². The van der Waals surface area contributed by atoms with E-state index in [1.165, 1.54) is 29.6 Å². The highest BCUT2D eigenvalue weighted by molar-refractivity contribution is 6.13. The van der Waals surface area contributed by atoms with Gasteiger partial charge in [-0.3, -0.25) is 9.59 Å². The molecular weight excluding hydrogens is 426 g/mol. The fourth-order valence-electron chi connectivity index (χ4n) is 6.05. The molecule has 172 valence electrons. The number of fused-ring (bicyclic) bond motifs is 4. The van der Waals surface area contributed by atoms with Crippen LogP contribution >= 0.6 is 0 Å². The Labute approximate surface area is 189 Å². The smallest absolute Gasteiger partial charge is 0.347 e. The Morgan fingerprint density at radius 1 is 1.15 bits per heavy atom. The molecule has 0 spiro atoms. The number of rotatable bonds is 2. The van der Waals surface area contributed by atoms with Crippen LogP contribution in [0.2, 0.25) is 0 Å². The van der Waals surface area contributed by atoms with Gasteiger partial charge in [-0.15, -0.1) is 0 Å². The van der Waals surface area contributed by atoms with Gasteiger partial charge >= 0.3 is 11.4 Å². The molecule has 1 aliphatic heterocycles. The van der Waals surface area contributed by atoms with Crippen molar-refractivity contribution >= 4 is 11.6 Å². The Morgan fingerprint density at radius 3 is 2.58 bits per heavy atom. The van der Waals surface area contributed by atoms with E-state index in [1.807, 2.05) is 6.08 Å². The summed E-state index contributed by atoms with van der Waals surface area (Å²) >= 11 is 0. The second-order valence-corrected chi connectivity index (χ2v) is 9.23. The normalized spacial score (nSPS) is 28.4. The number of aromatic nitrogens is 3. The first-order valence-corrected chi connectivity index (χ1v) is 10.8. The molecule has 2 heterocycles. The van der Waals surface area contributed by atoms with Gasteiger partial charge in [-0.1, -0.05) is 25.1 Å². The zero-order valence-electron chi connectivity index (χ0n) is 18.9. The third kappa shape index (κ3) is 2.59. The SMILES string of the molecule is COc1cccc([C@H]2C3=CCn4c(=O)n(C)c(=O)n4[C@@H]3C[C@H]3C(=O)C=C(C)C(=O)[C@@]23C)c1O. The summed E-state index contributed by atoms with van der Waals surface area (Å²) in [4.78, 5) is 52.4. The van der Waals surface area contributed by atoms with E-state index in [1.54, 1.807) is 32.0 Å². The summed E-state index contributed by atoms with van der Waals surface area (Å²) < 4.78 is 9.10. The number of ketones is 2. The standard InChI is InChI=1S/C24H25N3O6/c1-12-10-17(28)15-11-16-13(8-9-26-22(31)25(3)23(32)27(16)26)19(24(15,2)21(12)30)14-6-5-7-18(33-4)20(14)29/h5-8,10,15-16,19,29H,9,11H2,1-4H3/t15-,16+,19+,24+/m0/s1. The van der Waals surface area contributed by atoms with Crippen LogP contribution in [0.15, 0.2) is 51.1 Å². The number of phenolic OH excluding ortho intramolecular Hbond substituents is 1. The monoisotopic (exact) mass is 451 g/mol. The average molecular weight is 451 g/mol. The van der Waals surface area contributed by atoms with Crippen molar-refractivity contribution in [1.82, 2.24) is 13.9 Å². The lowest BCUT2D eigenvalue weighted by atomic mass is 9.51. The first kappa shape index (κ1) is 21.2. The first-order valence-electron chi connectivity index (χ1n) is 10.8. The van der Waals surface area contributed by atoms with Crippen LogP contribution in [0, 0.1) is 11.3 Å². The number of hydrogen-bond acceptors (Lipinski definition) is 6. The number of carbonyl (C=O) groups is 2. The van der Waals surface area contributed by atoms with Crippen molar-refractivity contribution in [3.8, 4) is 11.5 Å². The minimum absolute atomic E-state index is 0.109. The number of benzene rings is 1. The second kappa shape index (κ2) is 6.94. The van der Waals surface area contributed by atoms with Gasteiger partial charge in [0.15, 0.2) is 23.1 Å². The number of allylic oxidation sites excluding steroid dienone is 4. The Balaban J connectivity index is 1.82. The van der Waals surface area contributed by atoms with Crippen LogP contribution in [-0.4, -0.2) is 37.7 Å². The summed E-state index contributed by atoms with van der Waals surface area (Å²) in [5.41, 5.74) is -0.521. The lowest BCUT2D eigenvalue weighted by Gasteiger charge is -2.52. The molecule has 0 radical (unpaired) electrons. The van der Waals surface area contributed by atoms with Crippen LogP contribution in [0.4, 0.5) is 0 Å². The molecule has 1 saturated carbocycles. The van der Waals surface area contributed by atoms with Gasteiger partial charge in [0.2, 0.25) is 0 Å². The highest BCUT2D eigenvalue weighted by Gasteiger charge is 2.60. The highest BCUT2D eigenvalue weighted by Crippen LogP contribution is 2.61. The predicted octanol–water partition coefficient (Wildman–Crippen LogP) is 1.45. The molecule has 33 heavy (non-hydrogen) atoms. The number of phenols is 1. The molecule has 0 unspecified atom stereocenters. The largest absolute Gasteiger partial charge is 0.504 e. The summed E-state index contributed by atoms with van der Waals surface area (Å²) in [6.07, 6.45) is 3.43. The topological polar surface area (TPSA) is 113 Å². The van der Waals surface area contributed by atoms with E-state index in [0.717, 1.165) is 10.1 Å². The van der Waals surface area contributed by atoms with Crippen molar-refractivity contribution in [3.63, 3.8) is 0 Å². The molecule has 2 aliphatic carbocycles. The lowest BCUT2D eigenvalue weighted by molar-refractivity contribution is -0.139. The summed E-state index contributed by atoms with van der Waals surface area (Å²) in [5, 5.41) is 11.1. The number of aromatic hydroxyl groups is 1. The summed E-state index contributed by atoms with van der Waals surface area (Å²) in [6, 6.07) is 4.46. The van der Waals surface area contributed by atoms with E-state index >= 15 is 0 Å². The Morgan fingerprint density at radius 2 is 1.88 bits per heavy atom. The summed E-state index contributed by atoms with van der Waals surface area (Å²) in [6.45, 7) is 3.55. The molecule has 9 heteroatoms. The summed E-state index contributed by atoms with van der Waals surface area (Å²) in [7, 11) is 2.86. The molecular formula is C24H25N3O6. The Kier molecular flexibility index (Phi) is 4.46. The molecule has 0 saturated heterocycles. The van der Waals surface area contributed by atoms with E-state index in [2.05, 4.69) is 0 Å². The van der Waals surface area contributed by atoms with E-state index in [4.69, 9.17) is 4.74 Å². The minimum Gasteiger partial charge on any atom is -0.504 e. The van der Waals surface area contributed by atoms with Crippen molar-refractivity contribution < 1.29 is 19.4 Å². The maximum absolute atomic E-state index is 13.6. The van der Waals surface area contributed by atoms with Crippen molar-refractivity contribution in [3.05, 3.63) is 68.0 Å². The van der Waals surface area contributed by atoms with Crippen molar-refractivity contribution in [1.29, 1.82) is 0 Å². The number of nitrogens with zero attached hydrogens (tertiary/aromatic N) is 3. The highest BCUT2D eigenvalue weighted by atomic mass is 16.5. The number of ether oxygens (including phenoxy) is 1. The fourth-order valence-corrected chi connectivity index (χ4v) is 6.05. The second-order valence-electron chi connectivity index (χ2n) is 9.23. The molecule has 1 aromatic carbocycles.